The van der Waals surface area contributed by atoms with E-state index in [2.05, 4.69) is 9.97 Å². The van der Waals surface area contributed by atoms with Gasteiger partial charge in [-0.15, -0.1) is 0 Å². The summed E-state index contributed by atoms with van der Waals surface area (Å²) in [7, 11) is 0. The van der Waals surface area contributed by atoms with E-state index in [1.54, 1.807) is 0 Å². The molecule has 0 fully saturated rings. The lowest BCUT2D eigenvalue weighted by Crippen LogP contribution is -2.05. The largest absolute Gasteiger partial charge is 0.301 e. The number of aromatic amines is 1. The van der Waals surface area contributed by atoms with Crippen LogP contribution in [0.25, 0.3) is 0 Å². The summed E-state index contributed by atoms with van der Waals surface area (Å²) in [5.41, 5.74) is -0.241. The van der Waals surface area contributed by atoms with Crippen molar-refractivity contribution in [2.24, 2.45) is 0 Å². The highest BCUT2D eigenvalue weighted by atomic mass is 32.2. The summed E-state index contributed by atoms with van der Waals surface area (Å²) in [5, 5.41) is 0.449. The zero-order chi connectivity index (χ0) is 10.4. The van der Waals surface area contributed by atoms with Crippen molar-refractivity contribution >= 4 is 11.8 Å². The Kier molecular flexibility index (Phi) is 4.31. The molecule has 1 rings (SSSR count). The quantitative estimate of drug-likeness (QED) is 0.478. The van der Waals surface area contributed by atoms with Crippen LogP contribution in [0, 0.1) is 0 Å². The zero-order valence-corrected chi connectivity index (χ0v) is 7.98. The number of nitrogens with one attached hydrogen (secondary N) is 1. The van der Waals surface area contributed by atoms with Crippen LogP contribution in [0.2, 0.25) is 0 Å². The number of aromatic nitrogens is 2. The van der Waals surface area contributed by atoms with Crippen molar-refractivity contribution < 1.29 is 8.78 Å². The molecule has 1 N–H and O–H groups in total. The lowest BCUT2D eigenvalue weighted by molar-refractivity contribution is 0.418. The van der Waals surface area contributed by atoms with Gasteiger partial charge in [0.25, 0.3) is 11.6 Å². The van der Waals surface area contributed by atoms with Gasteiger partial charge in [-0.05, 0) is 12.5 Å². The second-order valence-corrected chi connectivity index (χ2v) is 3.45. The molecule has 0 radical (unpaired) electrons. The first kappa shape index (κ1) is 10.9. The monoisotopic (exact) mass is 218 g/mol. The van der Waals surface area contributed by atoms with Crippen molar-refractivity contribution in [1.29, 1.82) is 0 Å². The summed E-state index contributed by atoms with van der Waals surface area (Å²) in [6.45, 7) is 0. The van der Waals surface area contributed by atoms with Crippen molar-refractivity contribution in [2.75, 3.05) is 5.75 Å². The van der Waals surface area contributed by atoms with Gasteiger partial charge in [-0.1, -0.05) is 11.8 Å². The Morgan fingerprint density at radius 2 is 2.43 bits per heavy atom. The number of allylic oxidation sites excluding steroid dienone is 1. The smallest absolute Gasteiger partial charge is 0.266 e. The summed E-state index contributed by atoms with van der Waals surface area (Å²) in [6, 6.07) is 1.30. The minimum Gasteiger partial charge on any atom is -0.301 e. The Morgan fingerprint density at radius 1 is 1.64 bits per heavy atom. The number of hydrogen-bond acceptors (Lipinski definition) is 3. The van der Waals surface area contributed by atoms with Gasteiger partial charge in [0.2, 0.25) is 0 Å². The van der Waals surface area contributed by atoms with Crippen molar-refractivity contribution in [3.63, 3.8) is 0 Å². The second kappa shape index (κ2) is 5.54. The van der Waals surface area contributed by atoms with Crippen LogP contribution in [-0.2, 0) is 0 Å². The highest BCUT2D eigenvalue weighted by Crippen LogP contribution is 2.12. The normalized spacial score (nSPS) is 9.86. The van der Waals surface area contributed by atoms with Crippen molar-refractivity contribution in [1.82, 2.24) is 9.97 Å². The predicted molar refractivity (Wildman–Crippen MR) is 50.5 cm³/mol. The van der Waals surface area contributed by atoms with Gasteiger partial charge in [0, 0.05) is 18.0 Å². The summed E-state index contributed by atoms with van der Waals surface area (Å²) in [4.78, 5) is 17.1. The Bertz CT molecular complexity index is 374. The molecule has 0 aliphatic rings. The van der Waals surface area contributed by atoms with E-state index in [4.69, 9.17) is 0 Å². The highest BCUT2D eigenvalue weighted by molar-refractivity contribution is 7.99. The molecular weight excluding hydrogens is 210 g/mol. The Morgan fingerprint density at radius 3 is 3.07 bits per heavy atom. The van der Waals surface area contributed by atoms with Crippen molar-refractivity contribution in [3.8, 4) is 0 Å². The highest BCUT2D eigenvalue weighted by Gasteiger charge is 1.95. The van der Waals surface area contributed by atoms with Gasteiger partial charge < -0.3 is 4.98 Å². The minimum absolute atomic E-state index is 0.241. The summed E-state index contributed by atoms with van der Waals surface area (Å²) >= 11 is 1.23. The molecule has 0 aliphatic heterocycles. The molecule has 0 saturated carbocycles. The first-order chi connectivity index (χ1) is 6.68. The zero-order valence-electron chi connectivity index (χ0n) is 7.17. The third kappa shape index (κ3) is 4.18. The Balaban J connectivity index is 2.39. The summed E-state index contributed by atoms with van der Waals surface area (Å²) < 4.78 is 23.2. The lowest BCUT2D eigenvalue weighted by Gasteiger charge is -1.96. The van der Waals surface area contributed by atoms with Gasteiger partial charge >= 0.3 is 0 Å². The van der Waals surface area contributed by atoms with E-state index < -0.39 is 6.08 Å². The van der Waals surface area contributed by atoms with Gasteiger partial charge in [0.05, 0.1) is 0 Å². The molecule has 1 aromatic heterocycles. The van der Waals surface area contributed by atoms with E-state index in [9.17, 15) is 13.6 Å². The molecule has 14 heavy (non-hydrogen) atoms. The van der Waals surface area contributed by atoms with Crippen LogP contribution in [0.3, 0.4) is 0 Å². The molecule has 0 amide bonds. The SMILES string of the molecule is O=c1ccnc(SCCC=C(F)F)[nH]1. The molecule has 0 aliphatic carbocycles. The van der Waals surface area contributed by atoms with Gasteiger partial charge in [0.15, 0.2) is 5.16 Å². The Labute approximate surface area is 83.3 Å². The molecule has 1 aromatic rings. The van der Waals surface area contributed by atoms with Crippen molar-refractivity contribution in [2.45, 2.75) is 11.6 Å². The van der Waals surface area contributed by atoms with E-state index in [0.717, 1.165) is 6.08 Å². The van der Waals surface area contributed by atoms with Crippen LogP contribution < -0.4 is 5.56 Å². The van der Waals surface area contributed by atoms with Crippen molar-refractivity contribution in [3.05, 3.63) is 34.8 Å². The fraction of sp³-hybridized carbons (Fsp3) is 0.250. The average molecular weight is 218 g/mol. The van der Waals surface area contributed by atoms with Crippen LogP contribution >= 0.6 is 11.8 Å². The number of nitrogens with zero attached hydrogens (tertiary/aromatic N) is 1. The predicted octanol–water partition coefficient (Wildman–Crippen LogP) is 2.03. The van der Waals surface area contributed by atoms with Crippen LogP contribution in [0.1, 0.15) is 6.42 Å². The number of halogens is 2. The Hall–Kier alpha value is -1.17. The summed E-state index contributed by atoms with van der Waals surface area (Å²) in [6.07, 6.45) is 0.798. The van der Waals surface area contributed by atoms with E-state index in [1.807, 2.05) is 0 Å². The molecule has 0 saturated heterocycles. The molecule has 76 valence electrons. The van der Waals surface area contributed by atoms with Crippen LogP contribution in [0.4, 0.5) is 8.78 Å². The van der Waals surface area contributed by atoms with Gasteiger partial charge in [-0.3, -0.25) is 4.79 Å². The minimum atomic E-state index is -1.68. The molecule has 3 nitrogen and oxygen atoms in total. The maximum absolute atomic E-state index is 11.6. The average Bonchev–Trinajstić information content (AvgIpc) is 2.12. The number of hydrogen-bond donors (Lipinski definition) is 1. The first-order valence-corrected chi connectivity index (χ1v) is 4.86. The van der Waals surface area contributed by atoms with Crippen LogP contribution in [0.15, 0.2) is 34.4 Å². The maximum Gasteiger partial charge on any atom is 0.266 e. The fourth-order valence-electron chi connectivity index (χ4n) is 0.749. The molecule has 0 spiro atoms. The number of thioether (sulfide) groups is 1. The molecule has 6 heteroatoms. The number of rotatable bonds is 4. The first-order valence-electron chi connectivity index (χ1n) is 3.88. The maximum atomic E-state index is 11.6. The molecular formula is C8H8F2N2OS. The van der Waals surface area contributed by atoms with Crippen LogP contribution in [-0.4, -0.2) is 15.7 Å². The molecule has 0 unspecified atom stereocenters. The molecule has 0 aromatic carbocycles. The topological polar surface area (TPSA) is 45.8 Å². The van der Waals surface area contributed by atoms with E-state index >= 15 is 0 Å². The summed E-state index contributed by atoms with van der Waals surface area (Å²) in [5.74, 6) is 0.463. The van der Waals surface area contributed by atoms with Crippen LogP contribution in [0.5, 0.6) is 0 Å². The lowest BCUT2D eigenvalue weighted by atomic mass is 10.5. The molecule has 1 heterocycles. The third-order valence-corrected chi connectivity index (χ3v) is 2.22. The second-order valence-electron chi connectivity index (χ2n) is 2.37. The van der Waals surface area contributed by atoms with Gasteiger partial charge in [0.1, 0.15) is 0 Å². The standard InChI is InChI=1S/C8H8F2N2OS/c9-6(10)2-1-5-14-8-11-4-3-7(13)12-8/h2-4H,1,5H2,(H,11,12,13). The van der Waals surface area contributed by atoms with E-state index in [-0.39, 0.29) is 12.0 Å². The third-order valence-electron chi connectivity index (χ3n) is 1.30. The van der Waals surface area contributed by atoms with Gasteiger partial charge in [-0.2, -0.15) is 8.78 Å². The van der Waals surface area contributed by atoms with E-state index in [1.165, 1.54) is 24.0 Å². The molecule has 0 bridgehead atoms. The molecule has 0 atom stereocenters. The van der Waals surface area contributed by atoms with E-state index in [0.29, 0.717) is 10.9 Å². The fourth-order valence-corrected chi connectivity index (χ4v) is 1.49. The van der Waals surface area contributed by atoms with Gasteiger partial charge in [-0.25, -0.2) is 4.98 Å². The number of H-pyrrole nitrogens is 1.